The van der Waals surface area contributed by atoms with E-state index in [1.54, 1.807) is 7.11 Å². The average Bonchev–Trinajstić information content (AvgIpc) is 2.16. The molecule has 0 bridgehead atoms. The van der Waals surface area contributed by atoms with Gasteiger partial charge in [0.05, 0.1) is 0 Å². The quantitative estimate of drug-likeness (QED) is 0.527. The fraction of sp³-hybridized carbons (Fsp3) is 1.00. The van der Waals surface area contributed by atoms with Crippen LogP contribution in [-0.4, -0.2) is 40.0 Å². The molecule has 13 heavy (non-hydrogen) atoms. The van der Waals surface area contributed by atoms with Crippen LogP contribution < -0.4 is 5.32 Å². The first-order chi connectivity index (χ1) is 6.41. The molecule has 3 heteroatoms. The van der Waals surface area contributed by atoms with Gasteiger partial charge in [0.15, 0.2) is 0 Å². The van der Waals surface area contributed by atoms with Crippen LogP contribution in [0.2, 0.25) is 0 Å². The molecule has 0 aromatic carbocycles. The van der Waals surface area contributed by atoms with Crippen molar-refractivity contribution in [1.29, 1.82) is 0 Å². The standard InChI is InChI=1S/C10H23NO2/c1-3-13-10-6-8-11-7-4-5-9-12-2/h11H,3-10H2,1-2H3. The SMILES string of the molecule is CCOCCCNCCCCOC. The zero-order valence-corrected chi connectivity index (χ0v) is 8.97. The summed E-state index contributed by atoms with van der Waals surface area (Å²) in [5, 5.41) is 3.37. The minimum absolute atomic E-state index is 0.827. The summed E-state index contributed by atoms with van der Waals surface area (Å²) in [5.74, 6) is 0. The molecule has 0 saturated carbocycles. The summed E-state index contributed by atoms with van der Waals surface area (Å²) in [7, 11) is 1.75. The molecule has 0 spiro atoms. The van der Waals surface area contributed by atoms with E-state index in [0.717, 1.165) is 45.8 Å². The predicted octanol–water partition coefficient (Wildman–Crippen LogP) is 1.43. The lowest BCUT2D eigenvalue weighted by Crippen LogP contribution is -2.18. The number of ether oxygens (including phenoxy) is 2. The maximum Gasteiger partial charge on any atom is 0.0477 e. The van der Waals surface area contributed by atoms with Gasteiger partial charge in [0, 0.05) is 26.9 Å². The lowest BCUT2D eigenvalue weighted by atomic mass is 10.3. The molecule has 0 heterocycles. The Balaban J connectivity index is 2.76. The highest BCUT2D eigenvalue weighted by molar-refractivity contribution is 4.48. The van der Waals surface area contributed by atoms with Crippen molar-refractivity contribution >= 4 is 0 Å². The van der Waals surface area contributed by atoms with Gasteiger partial charge in [-0.05, 0) is 39.3 Å². The van der Waals surface area contributed by atoms with Gasteiger partial charge in [0.25, 0.3) is 0 Å². The van der Waals surface area contributed by atoms with Crippen molar-refractivity contribution in [2.24, 2.45) is 0 Å². The Hall–Kier alpha value is -0.120. The smallest absolute Gasteiger partial charge is 0.0477 e. The normalized spacial score (nSPS) is 10.6. The van der Waals surface area contributed by atoms with Crippen LogP contribution in [-0.2, 0) is 9.47 Å². The third-order valence-corrected chi connectivity index (χ3v) is 1.80. The molecule has 0 fully saturated rings. The van der Waals surface area contributed by atoms with Crippen molar-refractivity contribution in [3.63, 3.8) is 0 Å². The van der Waals surface area contributed by atoms with Gasteiger partial charge in [-0.1, -0.05) is 0 Å². The van der Waals surface area contributed by atoms with Crippen molar-refractivity contribution in [2.75, 3.05) is 40.0 Å². The molecule has 3 nitrogen and oxygen atoms in total. The summed E-state index contributed by atoms with van der Waals surface area (Å²) < 4.78 is 10.2. The van der Waals surface area contributed by atoms with E-state index < -0.39 is 0 Å². The van der Waals surface area contributed by atoms with Gasteiger partial charge in [0.1, 0.15) is 0 Å². The number of hydrogen-bond donors (Lipinski definition) is 1. The molecule has 0 aliphatic heterocycles. The zero-order chi connectivity index (χ0) is 9.78. The van der Waals surface area contributed by atoms with Gasteiger partial charge in [-0.15, -0.1) is 0 Å². The van der Waals surface area contributed by atoms with Gasteiger partial charge < -0.3 is 14.8 Å². The van der Waals surface area contributed by atoms with Crippen LogP contribution in [0, 0.1) is 0 Å². The molecule has 0 aliphatic carbocycles. The minimum atomic E-state index is 0.827. The van der Waals surface area contributed by atoms with Crippen LogP contribution >= 0.6 is 0 Å². The van der Waals surface area contributed by atoms with Crippen LogP contribution in [0.5, 0.6) is 0 Å². The van der Waals surface area contributed by atoms with E-state index in [-0.39, 0.29) is 0 Å². The minimum Gasteiger partial charge on any atom is -0.385 e. The third kappa shape index (κ3) is 11.9. The predicted molar refractivity (Wildman–Crippen MR) is 55.1 cm³/mol. The van der Waals surface area contributed by atoms with E-state index in [1.807, 2.05) is 6.92 Å². The summed E-state index contributed by atoms with van der Waals surface area (Å²) in [6.45, 7) is 6.76. The molecule has 0 aromatic heterocycles. The van der Waals surface area contributed by atoms with Crippen LogP contribution in [0.25, 0.3) is 0 Å². The number of unbranched alkanes of at least 4 members (excludes halogenated alkanes) is 1. The molecule has 0 radical (unpaired) electrons. The van der Waals surface area contributed by atoms with Gasteiger partial charge in [-0.2, -0.15) is 0 Å². The van der Waals surface area contributed by atoms with Gasteiger partial charge in [-0.3, -0.25) is 0 Å². The molecule has 0 amide bonds. The van der Waals surface area contributed by atoms with Crippen molar-refractivity contribution < 1.29 is 9.47 Å². The zero-order valence-electron chi connectivity index (χ0n) is 8.97. The second-order valence-corrected chi connectivity index (χ2v) is 3.00. The molecular formula is C10H23NO2. The van der Waals surface area contributed by atoms with Crippen LogP contribution in [0.4, 0.5) is 0 Å². The highest BCUT2D eigenvalue weighted by atomic mass is 16.5. The largest absolute Gasteiger partial charge is 0.385 e. The van der Waals surface area contributed by atoms with Crippen molar-refractivity contribution in [3.05, 3.63) is 0 Å². The molecular weight excluding hydrogens is 166 g/mol. The summed E-state index contributed by atoms with van der Waals surface area (Å²) in [4.78, 5) is 0. The second kappa shape index (κ2) is 11.9. The first kappa shape index (κ1) is 12.9. The number of rotatable bonds is 10. The van der Waals surface area contributed by atoms with Gasteiger partial charge >= 0.3 is 0 Å². The van der Waals surface area contributed by atoms with Gasteiger partial charge in [-0.25, -0.2) is 0 Å². The fourth-order valence-corrected chi connectivity index (χ4v) is 1.06. The summed E-state index contributed by atoms with van der Waals surface area (Å²) in [6, 6.07) is 0. The Morgan fingerprint density at radius 1 is 1.00 bits per heavy atom. The Bertz CT molecular complexity index is 79.0. The van der Waals surface area contributed by atoms with Crippen molar-refractivity contribution in [2.45, 2.75) is 26.2 Å². The summed E-state index contributed by atoms with van der Waals surface area (Å²) >= 11 is 0. The molecule has 0 aromatic rings. The van der Waals surface area contributed by atoms with Crippen molar-refractivity contribution in [1.82, 2.24) is 5.32 Å². The molecule has 0 saturated heterocycles. The van der Waals surface area contributed by atoms with Crippen molar-refractivity contribution in [3.8, 4) is 0 Å². The van der Waals surface area contributed by atoms with E-state index in [9.17, 15) is 0 Å². The first-order valence-corrected chi connectivity index (χ1v) is 5.19. The monoisotopic (exact) mass is 189 g/mol. The lowest BCUT2D eigenvalue weighted by Gasteiger charge is -2.04. The van der Waals surface area contributed by atoms with Crippen LogP contribution in [0.1, 0.15) is 26.2 Å². The number of hydrogen-bond acceptors (Lipinski definition) is 3. The highest BCUT2D eigenvalue weighted by Gasteiger charge is 1.89. The molecule has 0 aliphatic rings. The molecule has 80 valence electrons. The fourth-order valence-electron chi connectivity index (χ4n) is 1.06. The number of nitrogens with one attached hydrogen (secondary N) is 1. The second-order valence-electron chi connectivity index (χ2n) is 3.00. The third-order valence-electron chi connectivity index (χ3n) is 1.80. The van der Waals surface area contributed by atoms with Crippen LogP contribution in [0.15, 0.2) is 0 Å². The number of methoxy groups -OCH3 is 1. The van der Waals surface area contributed by atoms with E-state index in [4.69, 9.17) is 9.47 Å². The van der Waals surface area contributed by atoms with Crippen LogP contribution in [0.3, 0.4) is 0 Å². The maximum atomic E-state index is 5.22. The molecule has 1 N–H and O–H groups in total. The summed E-state index contributed by atoms with van der Waals surface area (Å²) in [5.41, 5.74) is 0. The lowest BCUT2D eigenvalue weighted by molar-refractivity contribution is 0.144. The Labute approximate surface area is 81.8 Å². The maximum absolute atomic E-state index is 5.22. The summed E-state index contributed by atoms with van der Waals surface area (Å²) in [6.07, 6.45) is 3.45. The Morgan fingerprint density at radius 3 is 2.46 bits per heavy atom. The van der Waals surface area contributed by atoms with E-state index >= 15 is 0 Å². The van der Waals surface area contributed by atoms with E-state index in [2.05, 4.69) is 5.32 Å². The Kier molecular flexibility index (Phi) is 11.8. The van der Waals surface area contributed by atoms with E-state index in [1.165, 1.54) is 6.42 Å². The Morgan fingerprint density at radius 2 is 1.77 bits per heavy atom. The van der Waals surface area contributed by atoms with Gasteiger partial charge in [0.2, 0.25) is 0 Å². The average molecular weight is 189 g/mol. The molecule has 0 atom stereocenters. The highest BCUT2D eigenvalue weighted by Crippen LogP contribution is 1.87. The van der Waals surface area contributed by atoms with E-state index in [0.29, 0.717) is 0 Å². The topological polar surface area (TPSA) is 30.5 Å². The first-order valence-electron chi connectivity index (χ1n) is 5.19. The molecule has 0 unspecified atom stereocenters. The molecule has 0 rings (SSSR count).